The van der Waals surface area contributed by atoms with Crippen molar-refractivity contribution in [3.63, 3.8) is 0 Å². The first-order chi connectivity index (χ1) is 10.1. The number of carbonyl (C=O) groups excluding carboxylic acids is 1. The predicted octanol–water partition coefficient (Wildman–Crippen LogP) is 3.91. The minimum atomic E-state index is -0.102. The molecule has 0 fully saturated rings. The Bertz CT molecular complexity index is 610. The first-order valence-electron chi connectivity index (χ1n) is 6.73. The molecule has 0 saturated heterocycles. The number of ether oxygens (including phenoxy) is 1. The van der Waals surface area contributed by atoms with E-state index in [1.807, 2.05) is 37.4 Å². The van der Waals surface area contributed by atoms with E-state index in [9.17, 15) is 4.79 Å². The molecule has 110 valence electrons. The van der Waals surface area contributed by atoms with Gasteiger partial charge in [-0.1, -0.05) is 18.2 Å². The summed E-state index contributed by atoms with van der Waals surface area (Å²) in [6.07, 6.45) is 2.04. The van der Waals surface area contributed by atoms with Crippen molar-refractivity contribution in [3.05, 3.63) is 59.7 Å². The number of thioether (sulfide) groups is 1. The second-order valence-corrected chi connectivity index (χ2v) is 5.58. The molecule has 1 N–H and O–H groups in total. The zero-order valence-corrected chi connectivity index (χ0v) is 13.2. The highest BCUT2D eigenvalue weighted by atomic mass is 32.2. The molecule has 0 bridgehead atoms. The van der Waals surface area contributed by atoms with Gasteiger partial charge in [-0.05, 0) is 49.1 Å². The fraction of sp³-hybridized carbons (Fsp3) is 0.235. The third kappa shape index (κ3) is 4.02. The standard InChI is InChI=1S/C17H19NO2S/c1-12(13-7-9-16(21-3)10-8-13)18-17(19)14-5-4-6-15(11-14)20-2/h4-12H,1-3H3,(H,18,19)/t12-/m1/s1. The highest BCUT2D eigenvalue weighted by Crippen LogP contribution is 2.19. The van der Waals surface area contributed by atoms with Gasteiger partial charge in [0.1, 0.15) is 5.75 Å². The lowest BCUT2D eigenvalue weighted by Crippen LogP contribution is -2.26. The van der Waals surface area contributed by atoms with Gasteiger partial charge in [0.25, 0.3) is 5.91 Å². The van der Waals surface area contributed by atoms with Crippen LogP contribution in [0, 0.1) is 0 Å². The summed E-state index contributed by atoms with van der Waals surface area (Å²) >= 11 is 1.70. The number of hydrogen-bond acceptors (Lipinski definition) is 3. The van der Waals surface area contributed by atoms with E-state index in [1.54, 1.807) is 31.0 Å². The molecule has 0 aliphatic heterocycles. The summed E-state index contributed by atoms with van der Waals surface area (Å²) in [5.74, 6) is 0.579. The van der Waals surface area contributed by atoms with Gasteiger partial charge in [-0.3, -0.25) is 4.79 Å². The van der Waals surface area contributed by atoms with E-state index in [0.717, 1.165) is 5.56 Å². The number of amides is 1. The zero-order chi connectivity index (χ0) is 15.2. The number of rotatable bonds is 5. The highest BCUT2D eigenvalue weighted by molar-refractivity contribution is 7.98. The average Bonchev–Trinajstić information content (AvgIpc) is 2.54. The van der Waals surface area contributed by atoms with E-state index in [2.05, 4.69) is 17.4 Å². The molecule has 0 radical (unpaired) electrons. The molecule has 4 heteroatoms. The van der Waals surface area contributed by atoms with Gasteiger partial charge in [-0.25, -0.2) is 0 Å². The third-order valence-corrected chi connectivity index (χ3v) is 4.04. The number of benzene rings is 2. The summed E-state index contributed by atoms with van der Waals surface area (Å²) in [5, 5.41) is 3.00. The highest BCUT2D eigenvalue weighted by Gasteiger charge is 2.12. The molecule has 0 unspecified atom stereocenters. The maximum atomic E-state index is 12.2. The van der Waals surface area contributed by atoms with Crippen molar-refractivity contribution in [1.29, 1.82) is 0 Å². The predicted molar refractivity (Wildman–Crippen MR) is 87.1 cm³/mol. The third-order valence-electron chi connectivity index (χ3n) is 3.30. The van der Waals surface area contributed by atoms with Crippen LogP contribution < -0.4 is 10.1 Å². The van der Waals surface area contributed by atoms with Crippen LogP contribution >= 0.6 is 11.8 Å². The Hall–Kier alpha value is -1.94. The fourth-order valence-electron chi connectivity index (χ4n) is 2.02. The monoisotopic (exact) mass is 301 g/mol. The summed E-state index contributed by atoms with van der Waals surface area (Å²) in [7, 11) is 1.59. The van der Waals surface area contributed by atoms with Crippen molar-refractivity contribution in [2.24, 2.45) is 0 Å². The Morgan fingerprint density at radius 3 is 2.52 bits per heavy atom. The smallest absolute Gasteiger partial charge is 0.251 e. The van der Waals surface area contributed by atoms with E-state index in [0.29, 0.717) is 11.3 Å². The van der Waals surface area contributed by atoms with Crippen LogP contribution in [-0.4, -0.2) is 19.3 Å². The van der Waals surface area contributed by atoms with Crippen LogP contribution in [0.4, 0.5) is 0 Å². The quantitative estimate of drug-likeness (QED) is 0.851. The number of methoxy groups -OCH3 is 1. The summed E-state index contributed by atoms with van der Waals surface area (Å²) in [5.41, 5.74) is 1.69. The van der Waals surface area contributed by atoms with Crippen LogP contribution in [-0.2, 0) is 0 Å². The molecule has 2 aromatic carbocycles. The molecule has 0 aromatic heterocycles. The van der Waals surface area contributed by atoms with Gasteiger partial charge in [-0.2, -0.15) is 0 Å². The second kappa shape index (κ2) is 7.18. The van der Waals surface area contributed by atoms with Gasteiger partial charge >= 0.3 is 0 Å². The van der Waals surface area contributed by atoms with E-state index in [-0.39, 0.29) is 11.9 Å². The lowest BCUT2D eigenvalue weighted by Gasteiger charge is -2.15. The maximum Gasteiger partial charge on any atom is 0.251 e. The zero-order valence-electron chi connectivity index (χ0n) is 12.4. The van der Waals surface area contributed by atoms with Gasteiger partial charge in [0.15, 0.2) is 0 Å². The number of hydrogen-bond donors (Lipinski definition) is 1. The van der Waals surface area contributed by atoms with Crippen molar-refractivity contribution >= 4 is 17.7 Å². The number of carbonyl (C=O) groups is 1. The molecule has 21 heavy (non-hydrogen) atoms. The fourth-order valence-corrected chi connectivity index (χ4v) is 2.43. The Morgan fingerprint density at radius 1 is 1.19 bits per heavy atom. The van der Waals surface area contributed by atoms with Crippen molar-refractivity contribution in [3.8, 4) is 5.75 Å². The van der Waals surface area contributed by atoms with Crippen LogP contribution in [0.5, 0.6) is 5.75 Å². The van der Waals surface area contributed by atoms with Gasteiger partial charge in [0, 0.05) is 10.5 Å². The Kier molecular flexibility index (Phi) is 5.28. The molecule has 1 atom stereocenters. The van der Waals surface area contributed by atoms with Crippen LogP contribution in [0.25, 0.3) is 0 Å². The first kappa shape index (κ1) is 15.4. The van der Waals surface area contributed by atoms with E-state index in [4.69, 9.17) is 4.74 Å². The molecule has 0 heterocycles. The molecule has 2 aromatic rings. The molecule has 0 aliphatic rings. The summed E-state index contributed by atoms with van der Waals surface area (Å²) in [6.45, 7) is 1.98. The van der Waals surface area contributed by atoms with Gasteiger partial charge < -0.3 is 10.1 Å². The van der Waals surface area contributed by atoms with Crippen LogP contribution in [0.3, 0.4) is 0 Å². The Balaban J connectivity index is 2.06. The molecule has 0 aliphatic carbocycles. The maximum absolute atomic E-state index is 12.2. The SMILES string of the molecule is COc1cccc(C(=O)N[C@H](C)c2ccc(SC)cc2)c1. The molecule has 2 rings (SSSR count). The molecular formula is C17H19NO2S. The summed E-state index contributed by atoms with van der Waals surface area (Å²) < 4.78 is 5.14. The normalized spacial score (nSPS) is 11.8. The Morgan fingerprint density at radius 2 is 1.90 bits per heavy atom. The average molecular weight is 301 g/mol. The van der Waals surface area contributed by atoms with Crippen LogP contribution in [0.15, 0.2) is 53.4 Å². The molecule has 0 spiro atoms. The summed E-state index contributed by atoms with van der Waals surface area (Å²) in [4.78, 5) is 13.5. The van der Waals surface area contributed by atoms with Gasteiger partial charge in [0.2, 0.25) is 0 Å². The molecule has 1 amide bonds. The number of nitrogens with one attached hydrogen (secondary N) is 1. The largest absolute Gasteiger partial charge is 0.497 e. The topological polar surface area (TPSA) is 38.3 Å². The summed E-state index contributed by atoms with van der Waals surface area (Å²) in [6, 6.07) is 15.3. The van der Waals surface area contributed by atoms with Crippen molar-refractivity contribution in [1.82, 2.24) is 5.32 Å². The van der Waals surface area contributed by atoms with Crippen molar-refractivity contribution < 1.29 is 9.53 Å². The van der Waals surface area contributed by atoms with E-state index < -0.39 is 0 Å². The van der Waals surface area contributed by atoms with Crippen LogP contribution in [0.1, 0.15) is 28.9 Å². The first-order valence-corrected chi connectivity index (χ1v) is 7.95. The van der Waals surface area contributed by atoms with E-state index >= 15 is 0 Å². The molecular weight excluding hydrogens is 282 g/mol. The lowest BCUT2D eigenvalue weighted by molar-refractivity contribution is 0.0939. The van der Waals surface area contributed by atoms with Crippen LogP contribution in [0.2, 0.25) is 0 Å². The lowest BCUT2D eigenvalue weighted by atomic mass is 10.1. The van der Waals surface area contributed by atoms with E-state index in [1.165, 1.54) is 4.90 Å². The van der Waals surface area contributed by atoms with Gasteiger partial charge in [0.05, 0.1) is 13.2 Å². The molecule has 0 saturated carbocycles. The van der Waals surface area contributed by atoms with Crippen molar-refractivity contribution in [2.75, 3.05) is 13.4 Å². The Labute approximate surface area is 129 Å². The second-order valence-electron chi connectivity index (χ2n) is 4.70. The molecule has 3 nitrogen and oxygen atoms in total. The van der Waals surface area contributed by atoms with Gasteiger partial charge in [-0.15, -0.1) is 11.8 Å². The minimum Gasteiger partial charge on any atom is -0.497 e. The van der Waals surface area contributed by atoms with Crippen molar-refractivity contribution in [2.45, 2.75) is 17.9 Å². The minimum absolute atomic E-state index is 0.0420.